The maximum atomic E-state index is 6.18. The Morgan fingerprint density at radius 3 is 2.68 bits per heavy atom. The van der Waals surface area contributed by atoms with Crippen molar-refractivity contribution in [3.05, 3.63) is 36.0 Å². The second kappa shape index (κ2) is 7.04. The predicted molar refractivity (Wildman–Crippen MR) is 98.1 cm³/mol. The molecule has 25 heavy (non-hydrogen) atoms. The number of anilines is 1. The maximum Gasteiger partial charge on any atom is 0.230 e. The number of hydrogen-bond donors (Lipinski definition) is 0. The van der Waals surface area contributed by atoms with Gasteiger partial charge in [0.05, 0.1) is 18.8 Å². The number of nitrogens with zero attached hydrogens (tertiary/aromatic N) is 4. The van der Waals surface area contributed by atoms with Crippen LogP contribution in [0.25, 0.3) is 0 Å². The van der Waals surface area contributed by atoms with Crippen molar-refractivity contribution in [3.8, 4) is 5.75 Å². The molecule has 1 aromatic heterocycles. The van der Waals surface area contributed by atoms with E-state index < -0.39 is 0 Å². The normalized spacial score (nSPS) is 17.5. The molecule has 0 saturated heterocycles. The molecule has 136 valence electrons. The minimum absolute atomic E-state index is 0.116. The van der Waals surface area contributed by atoms with Crippen LogP contribution in [0.3, 0.4) is 0 Å². The largest absolute Gasteiger partial charge is 0.485 e. The summed E-state index contributed by atoms with van der Waals surface area (Å²) in [6, 6.07) is 8.23. The van der Waals surface area contributed by atoms with Crippen LogP contribution in [-0.4, -0.2) is 47.9 Å². The van der Waals surface area contributed by atoms with Gasteiger partial charge in [-0.2, -0.15) is 0 Å². The molecule has 6 nitrogen and oxygen atoms in total. The van der Waals surface area contributed by atoms with Crippen LogP contribution in [0, 0.1) is 0 Å². The highest BCUT2D eigenvalue weighted by Crippen LogP contribution is 2.33. The van der Waals surface area contributed by atoms with Gasteiger partial charge in [0.25, 0.3) is 0 Å². The van der Waals surface area contributed by atoms with Crippen molar-refractivity contribution in [2.24, 2.45) is 0 Å². The van der Waals surface area contributed by atoms with Crippen LogP contribution in [0.5, 0.6) is 5.75 Å². The molecule has 1 aromatic carbocycles. The molecule has 6 heteroatoms. The molecule has 2 heterocycles. The lowest BCUT2D eigenvalue weighted by Crippen LogP contribution is -2.45. The minimum atomic E-state index is -0.123. The molecule has 0 amide bonds. The van der Waals surface area contributed by atoms with Crippen molar-refractivity contribution < 1.29 is 9.15 Å². The van der Waals surface area contributed by atoms with Crippen LogP contribution in [0.1, 0.15) is 39.5 Å². The number of ether oxygens (including phenoxy) is 1. The van der Waals surface area contributed by atoms with E-state index in [0.29, 0.717) is 18.3 Å². The summed E-state index contributed by atoms with van der Waals surface area (Å²) in [6.45, 7) is 11.7. The molecule has 2 aromatic rings. The van der Waals surface area contributed by atoms with Gasteiger partial charge in [-0.1, -0.05) is 32.9 Å². The summed E-state index contributed by atoms with van der Waals surface area (Å²) in [7, 11) is 2.06. The summed E-state index contributed by atoms with van der Waals surface area (Å²) < 4.78 is 12.0. The van der Waals surface area contributed by atoms with Crippen molar-refractivity contribution in [1.29, 1.82) is 0 Å². The van der Waals surface area contributed by atoms with Crippen molar-refractivity contribution in [2.75, 3.05) is 31.6 Å². The molecule has 0 bridgehead atoms. The van der Waals surface area contributed by atoms with E-state index in [2.05, 4.69) is 66.9 Å². The molecule has 1 aliphatic heterocycles. The minimum Gasteiger partial charge on any atom is -0.485 e. The summed E-state index contributed by atoms with van der Waals surface area (Å²) in [5.74, 6) is 2.29. The number of likely N-dealkylation sites (N-methyl/N-ethyl adjacent to an activating group) is 2. The van der Waals surface area contributed by atoms with Gasteiger partial charge >= 0.3 is 0 Å². The average molecular weight is 344 g/mol. The van der Waals surface area contributed by atoms with Gasteiger partial charge in [-0.05, 0) is 26.1 Å². The molecule has 0 fully saturated rings. The molecule has 0 unspecified atom stereocenters. The van der Waals surface area contributed by atoms with E-state index in [-0.39, 0.29) is 11.5 Å². The zero-order valence-corrected chi connectivity index (χ0v) is 15.8. The Morgan fingerprint density at radius 1 is 1.24 bits per heavy atom. The van der Waals surface area contributed by atoms with Crippen molar-refractivity contribution >= 4 is 5.69 Å². The molecule has 0 aliphatic carbocycles. The van der Waals surface area contributed by atoms with E-state index in [1.54, 1.807) is 0 Å². The molecular weight excluding hydrogens is 316 g/mol. The molecule has 0 N–H and O–H groups in total. The third-order valence-corrected chi connectivity index (χ3v) is 4.33. The second-order valence-corrected chi connectivity index (χ2v) is 7.69. The number of fused-ring (bicyclic) bond motifs is 1. The van der Waals surface area contributed by atoms with E-state index >= 15 is 0 Å². The predicted octanol–water partition coefficient (Wildman–Crippen LogP) is 3.09. The van der Waals surface area contributed by atoms with E-state index in [1.165, 1.54) is 5.69 Å². The summed E-state index contributed by atoms with van der Waals surface area (Å²) in [5.41, 5.74) is 1.05. The highest BCUT2D eigenvalue weighted by Gasteiger charge is 2.26. The molecular formula is C19H28N4O2. The van der Waals surface area contributed by atoms with Gasteiger partial charge in [0.2, 0.25) is 11.8 Å². The Labute approximate surface area is 149 Å². The van der Waals surface area contributed by atoms with Crippen LogP contribution < -0.4 is 9.64 Å². The van der Waals surface area contributed by atoms with Gasteiger partial charge in [0.1, 0.15) is 11.9 Å². The lowest BCUT2D eigenvalue weighted by atomic mass is 9.97. The third-order valence-electron chi connectivity index (χ3n) is 4.33. The first kappa shape index (κ1) is 17.7. The lowest BCUT2D eigenvalue weighted by Gasteiger charge is -2.37. The molecule has 3 rings (SSSR count). The van der Waals surface area contributed by atoms with Gasteiger partial charge < -0.3 is 14.1 Å². The van der Waals surface area contributed by atoms with Gasteiger partial charge in [0, 0.05) is 18.5 Å². The topological polar surface area (TPSA) is 54.6 Å². The van der Waals surface area contributed by atoms with E-state index in [1.807, 2.05) is 12.1 Å². The van der Waals surface area contributed by atoms with Gasteiger partial charge in [-0.3, -0.25) is 4.90 Å². The fourth-order valence-corrected chi connectivity index (χ4v) is 3.04. The smallest absolute Gasteiger partial charge is 0.230 e. The third kappa shape index (κ3) is 4.12. The number of hydrogen-bond acceptors (Lipinski definition) is 6. The first-order valence-corrected chi connectivity index (χ1v) is 8.89. The Hall–Kier alpha value is -2.08. The maximum absolute atomic E-state index is 6.18. The van der Waals surface area contributed by atoms with Crippen LogP contribution in [0.2, 0.25) is 0 Å². The zero-order valence-electron chi connectivity index (χ0n) is 15.8. The Morgan fingerprint density at radius 2 is 2.00 bits per heavy atom. The van der Waals surface area contributed by atoms with Gasteiger partial charge in [-0.25, -0.2) is 0 Å². The summed E-state index contributed by atoms with van der Waals surface area (Å²) >= 11 is 0. The summed E-state index contributed by atoms with van der Waals surface area (Å²) in [5, 5.41) is 8.33. The Balaban J connectivity index is 1.62. The Kier molecular flexibility index (Phi) is 4.99. The average Bonchev–Trinajstić information content (AvgIpc) is 3.02. The molecule has 1 atom stereocenters. The fourth-order valence-electron chi connectivity index (χ4n) is 3.04. The monoisotopic (exact) mass is 344 g/mol. The standard InChI is InChI=1S/C19H28N4O2/c1-6-23-12-14(24-16-10-8-7-9-15(16)23)11-22(5)13-17-20-21-18(25-17)19(2,3)4/h7-10,14H,6,11-13H2,1-5H3/t14-/m0/s1. The zero-order chi connectivity index (χ0) is 18.0. The van der Waals surface area contributed by atoms with Gasteiger partial charge in [-0.15, -0.1) is 10.2 Å². The molecule has 1 aliphatic rings. The molecule has 0 saturated carbocycles. The highest BCUT2D eigenvalue weighted by molar-refractivity contribution is 5.60. The summed E-state index contributed by atoms with van der Waals surface area (Å²) in [6.07, 6.45) is 0.116. The first-order chi connectivity index (χ1) is 11.9. The fraction of sp³-hybridized carbons (Fsp3) is 0.579. The van der Waals surface area contributed by atoms with Gasteiger partial charge in [0.15, 0.2) is 0 Å². The highest BCUT2D eigenvalue weighted by atomic mass is 16.5. The first-order valence-electron chi connectivity index (χ1n) is 8.89. The summed E-state index contributed by atoms with van der Waals surface area (Å²) in [4.78, 5) is 4.54. The van der Waals surface area contributed by atoms with Crippen LogP contribution in [-0.2, 0) is 12.0 Å². The number of para-hydroxylation sites is 2. The quantitative estimate of drug-likeness (QED) is 0.831. The van der Waals surface area contributed by atoms with E-state index in [9.17, 15) is 0 Å². The molecule has 0 spiro atoms. The lowest BCUT2D eigenvalue weighted by molar-refractivity contribution is 0.134. The van der Waals surface area contributed by atoms with E-state index in [4.69, 9.17) is 9.15 Å². The van der Waals surface area contributed by atoms with Crippen LogP contribution in [0.15, 0.2) is 28.7 Å². The van der Waals surface area contributed by atoms with Crippen LogP contribution in [0.4, 0.5) is 5.69 Å². The second-order valence-electron chi connectivity index (χ2n) is 7.69. The van der Waals surface area contributed by atoms with E-state index in [0.717, 1.165) is 25.4 Å². The number of aromatic nitrogens is 2. The SMILES string of the molecule is CCN1C[C@H](CN(C)Cc2nnc(C(C)(C)C)o2)Oc2ccccc21. The van der Waals surface area contributed by atoms with Crippen molar-refractivity contribution in [2.45, 2.75) is 45.8 Å². The molecule has 0 radical (unpaired) electrons. The van der Waals surface area contributed by atoms with Crippen molar-refractivity contribution in [3.63, 3.8) is 0 Å². The Bertz CT molecular complexity index is 707. The number of rotatable bonds is 5. The van der Waals surface area contributed by atoms with Crippen LogP contribution >= 0.6 is 0 Å². The van der Waals surface area contributed by atoms with Crippen molar-refractivity contribution in [1.82, 2.24) is 15.1 Å². The number of benzene rings is 1.